The third-order valence-electron chi connectivity index (χ3n) is 2.94. The Kier molecular flexibility index (Phi) is 4.40. The zero-order valence-corrected chi connectivity index (χ0v) is 11.3. The molecule has 0 aliphatic carbocycles. The van der Waals surface area contributed by atoms with Crippen molar-refractivity contribution < 1.29 is 14.6 Å². The molecule has 1 atom stereocenters. The fraction of sp³-hybridized carbons (Fsp3) is 0.571. The second-order valence-electron chi connectivity index (χ2n) is 5.04. The van der Waals surface area contributed by atoms with Crippen LogP contribution in [0, 0.1) is 0 Å². The van der Waals surface area contributed by atoms with E-state index in [-0.39, 0.29) is 11.5 Å². The molecule has 96 valence electrons. The molecule has 1 unspecified atom stereocenters. The maximum Gasteiger partial charge on any atom is 0.122 e. The highest BCUT2D eigenvalue weighted by molar-refractivity contribution is 5.41. The summed E-state index contributed by atoms with van der Waals surface area (Å²) in [6.45, 7) is 6.01. The van der Waals surface area contributed by atoms with Crippen LogP contribution in [0.5, 0.6) is 11.5 Å². The van der Waals surface area contributed by atoms with Crippen molar-refractivity contribution in [1.82, 2.24) is 0 Å². The smallest absolute Gasteiger partial charge is 0.122 e. The Morgan fingerprint density at radius 1 is 1.12 bits per heavy atom. The zero-order chi connectivity index (χ0) is 13.1. The second kappa shape index (κ2) is 5.41. The number of rotatable bonds is 5. The van der Waals surface area contributed by atoms with Crippen LogP contribution in [0.2, 0.25) is 0 Å². The Labute approximate surface area is 103 Å². The average Bonchev–Trinajstić information content (AvgIpc) is 2.26. The van der Waals surface area contributed by atoms with Gasteiger partial charge in [0.2, 0.25) is 0 Å². The van der Waals surface area contributed by atoms with E-state index in [9.17, 15) is 5.11 Å². The van der Waals surface area contributed by atoms with Crippen molar-refractivity contribution in [3.63, 3.8) is 0 Å². The van der Waals surface area contributed by atoms with Crippen LogP contribution >= 0.6 is 0 Å². The predicted molar refractivity (Wildman–Crippen MR) is 68.9 cm³/mol. The molecule has 0 bridgehead atoms. The van der Waals surface area contributed by atoms with Crippen LogP contribution in [-0.4, -0.2) is 25.4 Å². The average molecular weight is 238 g/mol. The van der Waals surface area contributed by atoms with Crippen molar-refractivity contribution in [3.05, 3.63) is 23.8 Å². The number of aliphatic hydroxyl groups excluding tert-OH is 1. The van der Waals surface area contributed by atoms with Crippen LogP contribution in [0.15, 0.2) is 18.2 Å². The zero-order valence-electron chi connectivity index (χ0n) is 11.3. The summed E-state index contributed by atoms with van der Waals surface area (Å²) >= 11 is 0. The van der Waals surface area contributed by atoms with Gasteiger partial charge in [-0.25, -0.2) is 0 Å². The molecule has 0 spiro atoms. The maximum absolute atomic E-state index is 9.54. The lowest BCUT2D eigenvalue weighted by molar-refractivity contribution is 0.156. The summed E-state index contributed by atoms with van der Waals surface area (Å²) in [5.74, 6) is 1.55. The third kappa shape index (κ3) is 3.63. The van der Waals surface area contributed by atoms with E-state index in [1.807, 2.05) is 18.2 Å². The van der Waals surface area contributed by atoms with Crippen LogP contribution < -0.4 is 9.47 Å². The second-order valence-corrected chi connectivity index (χ2v) is 5.04. The molecule has 3 nitrogen and oxygen atoms in total. The van der Waals surface area contributed by atoms with E-state index in [4.69, 9.17) is 9.47 Å². The van der Waals surface area contributed by atoms with Gasteiger partial charge in [0.15, 0.2) is 0 Å². The molecule has 0 aromatic heterocycles. The SMILES string of the molecule is COc1cc(OC)cc(C(C)(C)CC(C)O)c1. The van der Waals surface area contributed by atoms with Crippen molar-refractivity contribution in [3.8, 4) is 11.5 Å². The fourth-order valence-corrected chi connectivity index (χ4v) is 2.05. The Bertz CT molecular complexity index is 347. The number of benzene rings is 1. The molecule has 0 heterocycles. The molecule has 0 aliphatic rings. The van der Waals surface area contributed by atoms with E-state index in [0.717, 1.165) is 17.1 Å². The van der Waals surface area contributed by atoms with Gasteiger partial charge in [0.05, 0.1) is 20.3 Å². The van der Waals surface area contributed by atoms with Gasteiger partial charge in [-0.05, 0) is 36.5 Å². The van der Waals surface area contributed by atoms with Crippen LogP contribution in [0.3, 0.4) is 0 Å². The molecule has 0 radical (unpaired) electrons. The molecule has 0 saturated carbocycles. The number of hydrogen-bond donors (Lipinski definition) is 1. The van der Waals surface area contributed by atoms with Crippen molar-refractivity contribution in [2.75, 3.05) is 14.2 Å². The molecule has 3 heteroatoms. The number of aliphatic hydroxyl groups is 1. The monoisotopic (exact) mass is 238 g/mol. The van der Waals surface area contributed by atoms with Gasteiger partial charge < -0.3 is 14.6 Å². The minimum Gasteiger partial charge on any atom is -0.497 e. The van der Waals surface area contributed by atoms with Gasteiger partial charge in [-0.3, -0.25) is 0 Å². The van der Waals surface area contributed by atoms with Crippen LogP contribution in [-0.2, 0) is 5.41 Å². The summed E-state index contributed by atoms with van der Waals surface area (Å²) in [5.41, 5.74) is 0.991. The largest absolute Gasteiger partial charge is 0.497 e. The van der Waals surface area contributed by atoms with Crippen LogP contribution in [0.1, 0.15) is 32.8 Å². The van der Waals surface area contributed by atoms with Gasteiger partial charge in [0.1, 0.15) is 11.5 Å². The van der Waals surface area contributed by atoms with Crippen molar-refractivity contribution in [2.45, 2.75) is 38.7 Å². The predicted octanol–water partition coefficient (Wildman–Crippen LogP) is 2.75. The first-order valence-electron chi connectivity index (χ1n) is 5.80. The molecule has 17 heavy (non-hydrogen) atoms. The van der Waals surface area contributed by atoms with Gasteiger partial charge in [0.25, 0.3) is 0 Å². The lowest BCUT2D eigenvalue weighted by Gasteiger charge is -2.27. The van der Waals surface area contributed by atoms with Crippen LogP contribution in [0.25, 0.3) is 0 Å². The Morgan fingerprint density at radius 2 is 1.59 bits per heavy atom. The van der Waals surface area contributed by atoms with E-state index < -0.39 is 0 Å². The molecule has 1 rings (SSSR count). The summed E-state index contributed by atoms with van der Waals surface area (Å²) in [7, 11) is 3.28. The van der Waals surface area contributed by atoms with Gasteiger partial charge in [-0.2, -0.15) is 0 Å². The Hall–Kier alpha value is -1.22. The van der Waals surface area contributed by atoms with E-state index in [1.165, 1.54) is 0 Å². The van der Waals surface area contributed by atoms with Gasteiger partial charge >= 0.3 is 0 Å². The molecule has 1 aromatic carbocycles. The van der Waals surface area contributed by atoms with Gasteiger partial charge in [-0.15, -0.1) is 0 Å². The molecule has 0 aliphatic heterocycles. The summed E-state index contributed by atoms with van der Waals surface area (Å²) in [6, 6.07) is 5.83. The molecule has 0 fully saturated rings. The first-order valence-corrected chi connectivity index (χ1v) is 5.80. The standard InChI is InChI=1S/C14H22O3/c1-10(15)9-14(2,3)11-6-12(16-4)8-13(7-11)17-5/h6-8,10,15H,9H2,1-5H3. The molecule has 0 saturated heterocycles. The van der Waals surface area contributed by atoms with E-state index in [0.29, 0.717) is 6.42 Å². The summed E-state index contributed by atoms with van der Waals surface area (Å²) in [4.78, 5) is 0. The molecular weight excluding hydrogens is 216 g/mol. The maximum atomic E-state index is 9.54. The minimum atomic E-state index is -0.331. The summed E-state index contributed by atoms with van der Waals surface area (Å²) < 4.78 is 10.5. The van der Waals surface area contributed by atoms with E-state index in [2.05, 4.69) is 13.8 Å². The Morgan fingerprint density at radius 3 is 1.94 bits per heavy atom. The van der Waals surface area contributed by atoms with E-state index in [1.54, 1.807) is 21.1 Å². The lowest BCUT2D eigenvalue weighted by Crippen LogP contribution is -2.23. The van der Waals surface area contributed by atoms with Crippen molar-refractivity contribution >= 4 is 0 Å². The first kappa shape index (κ1) is 13.8. The summed E-state index contributed by atoms with van der Waals surface area (Å²) in [5, 5.41) is 9.54. The number of methoxy groups -OCH3 is 2. The normalized spacial score (nSPS) is 13.3. The minimum absolute atomic E-state index is 0.115. The molecule has 1 N–H and O–H groups in total. The fourth-order valence-electron chi connectivity index (χ4n) is 2.05. The highest BCUT2D eigenvalue weighted by Crippen LogP contribution is 2.34. The molecular formula is C14H22O3. The highest BCUT2D eigenvalue weighted by atomic mass is 16.5. The third-order valence-corrected chi connectivity index (χ3v) is 2.94. The first-order chi connectivity index (χ1) is 7.89. The van der Waals surface area contributed by atoms with E-state index >= 15 is 0 Å². The van der Waals surface area contributed by atoms with Crippen molar-refractivity contribution in [2.24, 2.45) is 0 Å². The number of ether oxygens (including phenoxy) is 2. The van der Waals surface area contributed by atoms with Crippen molar-refractivity contribution in [1.29, 1.82) is 0 Å². The summed E-state index contributed by atoms with van der Waals surface area (Å²) in [6.07, 6.45) is 0.366. The lowest BCUT2D eigenvalue weighted by atomic mass is 9.80. The van der Waals surface area contributed by atoms with Gasteiger partial charge in [0, 0.05) is 6.07 Å². The molecule has 0 amide bonds. The topological polar surface area (TPSA) is 38.7 Å². The highest BCUT2D eigenvalue weighted by Gasteiger charge is 2.24. The van der Waals surface area contributed by atoms with Crippen LogP contribution in [0.4, 0.5) is 0 Å². The number of hydrogen-bond acceptors (Lipinski definition) is 3. The van der Waals surface area contributed by atoms with Gasteiger partial charge in [-0.1, -0.05) is 13.8 Å². The Balaban J connectivity index is 3.11. The molecule has 1 aromatic rings. The quantitative estimate of drug-likeness (QED) is 0.857.